The van der Waals surface area contributed by atoms with Crippen molar-refractivity contribution in [3.63, 3.8) is 0 Å². The normalized spacial score (nSPS) is 10.5. The summed E-state index contributed by atoms with van der Waals surface area (Å²) in [6.07, 6.45) is 1.86. The monoisotopic (exact) mass is 179 g/mol. The second kappa shape index (κ2) is 2.71. The lowest BCUT2D eigenvalue weighted by molar-refractivity contribution is 1.02. The number of thiophene rings is 1. The fourth-order valence-electron chi connectivity index (χ4n) is 0.972. The second-order valence-electron chi connectivity index (χ2n) is 2.73. The van der Waals surface area contributed by atoms with E-state index in [0.717, 1.165) is 16.2 Å². The lowest BCUT2D eigenvalue weighted by Gasteiger charge is -2.08. The van der Waals surface area contributed by atoms with Crippen LogP contribution in [0.2, 0.25) is 0 Å². The van der Waals surface area contributed by atoms with Gasteiger partial charge in [0.05, 0.1) is 16.4 Å². The van der Waals surface area contributed by atoms with Gasteiger partial charge in [-0.25, -0.2) is 9.97 Å². The first-order chi connectivity index (χ1) is 5.77. The molecule has 0 aliphatic carbocycles. The van der Waals surface area contributed by atoms with E-state index in [1.807, 2.05) is 36.6 Å². The number of anilines is 1. The molecular formula is C8H9N3S. The van der Waals surface area contributed by atoms with Gasteiger partial charge in [0.15, 0.2) is 0 Å². The summed E-state index contributed by atoms with van der Waals surface area (Å²) in [7, 11) is 3.88. The Balaban J connectivity index is 2.60. The Labute approximate surface area is 74.7 Å². The van der Waals surface area contributed by atoms with Crippen LogP contribution in [0, 0.1) is 0 Å². The van der Waals surface area contributed by atoms with E-state index in [1.54, 1.807) is 11.3 Å². The van der Waals surface area contributed by atoms with Gasteiger partial charge in [-0.05, 0) is 11.4 Å². The van der Waals surface area contributed by atoms with Gasteiger partial charge in [0, 0.05) is 14.1 Å². The number of fused-ring (bicyclic) bond motifs is 1. The molecule has 0 saturated carbocycles. The van der Waals surface area contributed by atoms with Gasteiger partial charge in [-0.15, -0.1) is 11.3 Å². The summed E-state index contributed by atoms with van der Waals surface area (Å²) >= 11 is 1.66. The Morgan fingerprint density at radius 3 is 3.00 bits per heavy atom. The Bertz CT molecular complexity index is 394. The molecule has 2 aromatic heterocycles. The van der Waals surface area contributed by atoms with E-state index in [0.29, 0.717) is 0 Å². The standard InChI is InChI=1S/C8H9N3S/c1-11(2)8-9-5-7-6(10-8)3-4-12-7/h3-5H,1-2H3. The van der Waals surface area contributed by atoms with Crippen molar-refractivity contribution >= 4 is 27.5 Å². The smallest absolute Gasteiger partial charge is 0.225 e. The first-order valence-corrected chi connectivity index (χ1v) is 4.53. The number of aromatic nitrogens is 2. The van der Waals surface area contributed by atoms with Crippen LogP contribution >= 0.6 is 11.3 Å². The van der Waals surface area contributed by atoms with Crippen LogP contribution in [0.15, 0.2) is 17.6 Å². The van der Waals surface area contributed by atoms with Crippen molar-refractivity contribution in [2.75, 3.05) is 19.0 Å². The summed E-state index contributed by atoms with van der Waals surface area (Å²) in [4.78, 5) is 10.5. The van der Waals surface area contributed by atoms with Crippen LogP contribution in [0.5, 0.6) is 0 Å². The number of rotatable bonds is 1. The van der Waals surface area contributed by atoms with Crippen LogP contribution in [-0.2, 0) is 0 Å². The predicted molar refractivity (Wildman–Crippen MR) is 51.7 cm³/mol. The first-order valence-electron chi connectivity index (χ1n) is 3.65. The topological polar surface area (TPSA) is 29.0 Å². The molecule has 2 aromatic rings. The molecule has 0 saturated heterocycles. The Morgan fingerprint density at radius 2 is 2.25 bits per heavy atom. The summed E-state index contributed by atoms with van der Waals surface area (Å²) in [6.45, 7) is 0. The molecular weight excluding hydrogens is 170 g/mol. The lowest BCUT2D eigenvalue weighted by Crippen LogP contribution is -2.11. The Morgan fingerprint density at radius 1 is 1.42 bits per heavy atom. The maximum Gasteiger partial charge on any atom is 0.225 e. The van der Waals surface area contributed by atoms with Crippen molar-refractivity contribution in [3.8, 4) is 0 Å². The molecule has 0 aliphatic rings. The minimum absolute atomic E-state index is 0.765. The summed E-state index contributed by atoms with van der Waals surface area (Å²) in [5.74, 6) is 0.765. The van der Waals surface area contributed by atoms with Gasteiger partial charge in [0.1, 0.15) is 0 Å². The third kappa shape index (κ3) is 1.14. The van der Waals surface area contributed by atoms with E-state index >= 15 is 0 Å². The van der Waals surface area contributed by atoms with E-state index in [-0.39, 0.29) is 0 Å². The zero-order valence-electron chi connectivity index (χ0n) is 6.98. The molecule has 0 spiro atoms. The molecule has 0 aromatic carbocycles. The van der Waals surface area contributed by atoms with Crippen LogP contribution in [0.3, 0.4) is 0 Å². The summed E-state index contributed by atoms with van der Waals surface area (Å²) in [6, 6.07) is 2.01. The number of hydrogen-bond acceptors (Lipinski definition) is 4. The lowest BCUT2D eigenvalue weighted by atomic mass is 10.5. The van der Waals surface area contributed by atoms with Gasteiger partial charge in [-0.1, -0.05) is 0 Å². The number of hydrogen-bond donors (Lipinski definition) is 0. The van der Waals surface area contributed by atoms with E-state index in [2.05, 4.69) is 9.97 Å². The summed E-state index contributed by atoms with van der Waals surface area (Å²) in [5.41, 5.74) is 1.03. The van der Waals surface area contributed by atoms with Gasteiger partial charge in [0.2, 0.25) is 5.95 Å². The molecule has 4 heteroatoms. The molecule has 0 aliphatic heterocycles. The molecule has 0 unspecified atom stereocenters. The van der Waals surface area contributed by atoms with E-state index in [1.165, 1.54) is 0 Å². The highest BCUT2D eigenvalue weighted by Crippen LogP contribution is 2.18. The first kappa shape index (κ1) is 7.49. The molecule has 0 fully saturated rings. The van der Waals surface area contributed by atoms with Crippen molar-refractivity contribution in [3.05, 3.63) is 17.6 Å². The third-order valence-electron chi connectivity index (χ3n) is 1.59. The highest BCUT2D eigenvalue weighted by molar-refractivity contribution is 7.17. The van der Waals surface area contributed by atoms with Crippen molar-refractivity contribution in [1.29, 1.82) is 0 Å². The molecule has 0 bridgehead atoms. The van der Waals surface area contributed by atoms with E-state index < -0.39 is 0 Å². The van der Waals surface area contributed by atoms with Crippen molar-refractivity contribution in [2.45, 2.75) is 0 Å². The molecule has 2 heterocycles. The van der Waals surface area contributed by atoms with Crippen molar-refractivity contribution in [1.82, 2.24) is 9.97 Å². The minimum atomic E-state index is 0.765. The molecule has 0 N–H and O–H groups in total. The average molecular weight is 179 g/mol. The summed E-state index contributed by atoms with van der Waals surface area (Å²) in [5, 5.41) is 2.03. The minimum Gasteiger partial charge on any atom is -0.347 e. The van der Waals surface area contributed by atoms with Gasteiger partial charge < -0.3 is 4.90 Å². The fraction of sp³-hybridized carbons (Fsp3) is 0.250. The van der Waals surface area contributed by atoms with Crippen molar-refractivity contribution < 1.29 is 0 Å². The van der Waals surface area contributed by atoms with Crippen LogP contribution < -0.4 is 4.90 Å². The van der Waals surface area contributed by atoms with E-state index in [9.17, 15) is 0 Å². The highest BCUT2D eigenvalue weighted by Gasteiger charge is 2.01. The van der Waals surface area contributed by atoms with Crippen LogP contribution in [0.25, 0.3) is 10.2 Å². The Hall–Kier alpha value is -1.16. The quantitative estimate of drug-likeness (QED) is 0.668. The maximum atomic E-state index is 4.36. The van der Waals surface area contributed by atoms with E-state index in [4.69, 9.17) is 0 Å². The maximum absolute atomic E-state index is 4.36. The van der Waals surface area contributed by atoms with Crippen LogP contribution in [0.1, 0.15) is 0 Å². The molecule has 0 amide bonds. The van der Waals surface area contributed by atoms with Gasteiger partial charge in [0.25, 0.3) is 0 Å². The fourth-order valence-corrected chi connectivity index (χ4v) is 1.66. The molecule has 0 atom stereocenters. The number of nitrogens with zero attached hydrogens (tertiary/aromatic N) is 3. The molecule has 0 radical (unpaired) electrons. The third-order valence-corrected chi connectivity index (χ3v) is 2.43. The average Bonchev–Trinajstić information content (AvgIpc) is 2.49. The van der Waals surface area contributed by atoms with Gasteiger partial charge in [-0.3, -0.25) is 0 Å². The van der Waals surface area contributed by atoms with Gasteiger partial charge >= 0.3 is 0 Å². The molecule has 62 valence electrons. The summed E-state index contributed by atoms with van der Waals surface area (Å²) < 4.78 is 1.14. The largest absolute Gasteiger partial charge is 0.347 e. The highest BCUT2D eigenvalue weighted by atomic mass is 32.1. The molecule has 3 nitrogen and oxygen atoms in total. The second-order valence-corrected chi connectivity index (χ2v) is 3.68. The predicted octanol–water partition coefficient (Wildman–Crippen LogP) is 1.76. The zero-order chi connectivity index (χ0) is 8.55. The zero-order valence-corrected chi connectivity index (χ0v) is 7.80. The van der Waals surface area contributed by atoms with Crippen LogP contribution in [-0.4, -0.2) is 24.1 Å². The molecule has 12 heavy (non-hydrogen) atoms. The van der Waals surface area contributed by atoms with Gasteiger partial charge in [-0.2, -0.15) is 0 Å². The van der Waals surface area contributed by atoms with Crippen LogP contribution in [0.4, 0.5) is 5.95 Å². The molecule has 2 rings (SSSR count). The Kier molecular flexibility index (Phi) is 1.69. The SMILES string of the molecule is CN(C)c1ncc2sccc2n1. The van der Waals surface area contributed by atoms with Crippen molar-refractivity contribution in [2.24, 2.45) is 0 Å².